The van der Waals surface area contributed by atoms with Crippen LogP contribution in [-0.4, -0.2) is 25.7 Å². The fraction of sp³-hybridized carbons (Fsp3) is 0.261. The van der Waals surface area contributed by atoms with Gasteiger partial charge in [0.1, 0.15) is 6.04 Å². The average Bonchev–Trinajstić information content (AvgIpc) is 3.15. The highest BCUT2D eigenvalue weighted by atomic mass is 32.1. The first kappa shape index (κ1) is 19.5. The van der Waals surface area contributed by atoms with Crippen molar-refractivity contribution in [1.29, 1.82) is 0 Å². The molecule has 0 fully saturated rings. The molecule has 6 heteroatoms. The summed E-state index contributed by atoms with van der Waals surface area (Å²) in [5, 5.41) is 7.12. The highest BCUT2D eigenvalue weighted by molar-refractivity contribution is 7.10. The zero-order chi connectivity index (χ0) is 20.1. The molecule has 0 saturated carbocycles. The summed E-state index contributed by atoms with van der Waals surface area (Å²) in [5.41, 5.74) is 3.14. The van der Waals surface area contributed by atoms with Crippen molar-refractivity contribution < 1.29 is 19.6 Å². The van der Waals surface area contributed by atoms with Gasteiger partial charge in [0.2, 0.25) is 0 Å². The Morgan fingerprint density at radius 3 is 2.66 bits per heavy atom. The predicted molar refractivity (Wildman–Crippen MR) is 115 cm³/mol. The number of aryl methyl sites for hydroxylation is 1. The van der Waals surface area contributed by atoms with Crippen LogP contribution >= 0.6 is 11.3 Å². The summed E-state index contributed by atoms with van der Waals surface area (Å²) in [6, 6.07) is 18.3. The van der Waals surface area contributed by atoms with Crippen LogP contribution in [0.1, 0.15) is 28.5 Å². The molecule has 0 radical (unpaired) electrons. The van der Waals surface area contributed by atoms with Crippen LogP contribution in [0.4, 0.5) is 5.69 Å². The lowest BCUT2D eigenvalue weighted by atomic mass is 10.0. The monoisotopic (exact) mass is 409 g/mol. The van der Waals surface area contributed by atoms with Gasteiger partial charge in [0, 0.05) is 23.7 Å². The molecule has 1 amide bonds. The Hall–Kier alpha value is -2.83. The zero-order valence-electron chi connectivity index (χ0n) is 16.4. The van der Waals surface area contributed by atoms with Crippen molar-refractivity contribution in [3.8, 4) is 11.5 Å². The van der Waals surface area contributed by atoms with Crippen LogP contribution in [0, 0.1) is 6.92 Å². The molecule has 0 spiro atoms. The Kier molecular flexibility index (Phi) is 6.12. The number of carbonyl (C=O) groups excluding carboxylic acids is 1. The van der Waals surface area contributed by atoms with Gasteiger partial charge in [0.05, 0.1) is 18.1 Å². The Labute approximate surface area is 174 Å². The summed E-state index contributed by atoms with van der Waals surface area (Å²) in [7, 11) is 0. The number of anilines is 1. The van der Waals surface area contributed by atoms with Crippen molar-refractivity contribution in [2.45, 2.75) is 19.4 Å². The zero-order valence-corrected chi connectivity index (χ0v) is 17.2. The topological polar surface area (TPSA) is 64.2 Å². The van der Waals surface area contributed by atoms with Crippen LogP contribution in [0.2, 0.25) is 0 Å². The molecule has 3 N–H and O–H groups in total. The predicted octanol–water partition coefficient (Wildman–Crippen LogP) is 3.51. The fourth-order valence-corrected chi connectivity index (χ4v) is 4.19. The minimum atomic E-state index is -0.0480. The van der Waals surface area contributed by atoms with Crippen LogP contribution < -0.4 is 20.1 Å². The lowest BCUT2D eigenvalue weighted by Gasteiger charge is -2.15. The van der Waals surface area contributed by atoms with Crippen molar-refractivity contribution in [2.75, 3.05) is 25.1 Å². The van der Waals surface area contributed by atoms with Crippen LogP contribution in [-0.2, 0) is 4.79 Å². The van der Waals surface area contributed by atoms with Gasteiger partial charge in [-0.2, -0.15) is 0 Å². The summed E-state index contributed by atoms with van der Waals surface area (Å²) < 4.78 is 11.3. The molecule has 1 atom stereocenters. The van der Waals surface area contributed by atoms with Crippen LogP contribution in [0.15, 0.2) is 60.0 Å². The maximum atomic E-state index is 12.6. The number of benzene rings is 2. The van der Waals surface area contributed by atoms with E-state index in [0.29, 0.717) is 25.5 Å². The number of rotatable bonds is 6. The minimum absolute atomic E-state index is 0.0480. The first-order chi connectivity index (χ1) is 14.2. The molecule has 150 valence electrons. The number of nitrogens with one attached hydrogen (secondary N) is 1. The maximum absolute atomic E-state index is 12.6. The summed E-state index contributed by atoms with van der Waals surface area (Å²) in [5.74, 6) is 1.36. The molecular formula is C23H25N2O3S+. The van der Waals surface area contributed by atoms with E-state index in [-0.39, 0.29) is 11.9 Å². The average molecular weight is 410 g/mol. The first-order valence-corrected chi connectivity index (χ1v) is 10.7. The molecular weight excluding hydrogens is 384 g/mol. The lowest BCUT2D eigenvalue weighted by molar-refractivity contribution is -0.675. The van der Waals surface area contributed by atoms with Gasteiger partial charge >= 0.3 is 0 Å². The fourth-order valence-electron chi connectivity index (χ4n) is 3.34. The standard InChI is InChI=1S/C23H24N2O3S/c1-16-5-7-17(8-6-16)23(21-4-2-13-29-21)24-15-22(26)25-18-9-10-19-20(14-18)28-12-3-11-27-19/h2,4-10,13-14,23-24H,3,11-12,15H2,1H3,(H,25,26)/p+1/t23-/m0/s1. The molecule has 5 nitrogen and oxygen atoms in total. The minimum Gasteiger partial charge on any atom is -0.490 e. The number of hydrogen-bond donors (Lipinski definition) is 2. The van der Waals surface area contributed by atoms with Gasteiger partial charge < -0.3 is 20.1 Å². The van der Waals surface area contributed by atoms with Gasteiger partial charge in [-0.3, -0.25) is 4.79 Å². The third kappa shape index (κ3) is 4.96. The Bertz CT molecular complexity index is 955. The van der Waals surface area contributed by atoms with Gasteiger partial charge in [-0.25, -0.2) is 0 Å². The number of carbonyl (C=O) groups is 1. The normalized spacial score (nSPS) is 14.1. The highest BCUT2D eigenvalue weighted by Crippen LogP contribution is 2.32. The second kappa shape index (κ2) is 9.11. The Morgan fingerprint density at radius 1 is 1.10 bits per heavy atom. The van der Waals surface area contributed by atoms with E-state index in [1.54, 1.807) is 11.3 Å². The van der Waals surface area contributed by atoms with Crippen LogP contribution in [0.3, 0.4) is 0 Å². The number of hydrogen-bond acceptors (Lipinski definition) is 4. The maximum Gasteiger partial charge on any atom is 0.279 e. The van der Waals surface area contributed by atoms with Crippen molar-refractivity contribution in [3.63, 3.8) is 0 Å². The summed E-state index contributed by atoms with van der Waals surface area (Å²) in [6.45, 7) is 3.68. The molecule has 2 aromatic carbocycles. The highest BCUT2D eigenvalue weighted by Gasteiger charge is 2.20. The van der Waals surface area contributed by atoms with E-state index in [9.17, 15) is 4.79 Å². The molecule has 29 heavy (non-hydrogen) atoms. The van der Waals surface area contributed by atoms with Gasteiger partial charge in [-0.15, -0.1) is 11.3 Å². The second-order valence-corrected chi connectivity index (χ2v) is 8.08. The molecule has 1 aliphatic heterocycles. The molecule has 3 aromatic rings. The molecule has 1 aromatic heterocycles. The molecule has 1 aliphatic rings. The Morgan fingerprint density at radius 2 is 1.90 bits per heavy atom. The van der Waals surface area contributed by atoms with Gasteiger partial charge in [-0.1, -0.05) is 35.9 Å². The number of nitrogens with two attached hydrogens (primary N) is 1. The van der Waals surface area contributed by atoms with E-state index >= 15 is 0 Å². The lowest BCUT2D eigenvalue weighted by Crippen LogP contribution is -2.87. The molecule has 2 heterocycles. The van der Waals surface area contributed by atoms with Crippen molar-refractivity contribution in [1.82, 2.24) is 0 Å². The number of thiophene rings is 1. The Balaban J connectivity index is 1.42. The molecule has 0 unspecified atom stereocenters. The van der Waals surface area contributed by atoms with E-state index in [0.717, 1.165) is 17.9 Å². The third-order valence-corrected chi connectivity index (χ3v) is 5.81. The summed E-state index contributed by atoms with van der Waals surface area (Å²) in [6.07, 6.45) is 0.856. The third-order valence-electron chi connectivity index (χ3n) is 4.86. The second-order valence-electron chi connectivity index (χ2n) is 7.10. The van der Waals surface area contributed by atoms with E-state index in [1.165, 1.54) is 16.0 Å². The van der Waals surface area contributed by atoms with Crippen LogP contribution in [0.5, 0.6) is 11.5 Å². The van der Waals surface area contributed by atoms with E-state index < -0.39 is 0 Å². The quantitative estimate of drug-likeness (QED) is 0.655. The largest absolute Gasteiger partial charge is 0.490 e. The molecule has 4 rings (SSSR count). The molecule has 0 saturated heterocycles. The van der Waals surface area contributed by atoms with E-state index in [4.69, 9.17) is 9.47 Å². The van der Waals surface area contributed by atoms with Gasteiger partial charge in [0.15, 0.2) is 18.0 Å². The van der Waals surface area contributed by atoms with E-state index in [2.05, 4.69) is 53.3 Å². The number of amides is 1. The molecule has 0 aliphatic carbocycles. The summed E-state index contributed by atoms with van der Waals surface area (Å²) in [4.78, 5) is 13.8. The smallest absolute Gasteiger partial charge is 0.279 e. The number of fused-ring (bicyclic) bond motifs is 1. The van der Waals surface area contributed by atoms with Crippen molar-refractivity contribution >= 4 is 22.9 Å². The van der Waals surface area contributed by atoms with Crippen molar-refractivity contribution in [3.05, 3.63) is 76.0 Å². The van der Waals surface area contributed by atoms with Crippen molar-refractivity contribution in [2.24, 2.45) is 0 Å². The molecule has 0 bridgehead atoms. The van der Waals surface area contributed by atoms with E-state index in [1.807, 2.05) is 24.3 Å². The number of quaternary nitrogens is 1. The van der Waals surface area contributed by atoms with Crippen LogP contribution in [0.25, 0.3) is 0 Å². The summed E-state index contributed by atoms with van der Waals surface area (Å²) >= 11 is 1.71. The first-order valence-electron chi connectivity index (χ1n) is 9.82. The van der Waals surface area contributed by atoms with Gasteiger partial charge in [-0.05, 0) is 30.5 Å². The SMILES string of the molecule is Cc1ccc([C@H]([NH2+]CC(=O)Nc2ccc3c(c2)OCCCO3)c2cccs2)cc1. The number of ether oxygens (including phenoxy) is 2. The van der Waals surface area contributed by atoms with Gasteiger partial charge in [0.25, 0.3) is 5.91 Å².